The van der Waals surface area contributed by atoms with Gasteiger partial charge < -0.3 is 10.1 Å². The predicted octanol–water partition coefficient (Wildman–Crippen LogP) is 0.0387. The summed E-state index contributed by atoms with van der Waals surface area (Å²) in [6, 6.07) is 1.47. The van der Waals surface area contributed by atoms with Crippen LogP contribution in [0.4, 0.5) is 0 Å². The Labute approximate surface area is 80.6 Å². The smallest absolute Gasteiger partial charge is 0.304 e. The van der Waals surface area contributed by atoms with Crippen molar-refractivity contribution in [2.75, 3.05) is 6.54 Å². The van der Waals surface area contributed by atoms with E-state index in [1.54, 1.807) is 0 Å². The molecule has 0 amide bonds. The first-order chi connectivity index (χ1) is 6.74. The van der Waals surface area contributed by atoms with E-state index in [-0.39, 0.29) is 13.0 Å². The second-order valence-electron chi connectivity index (χ2n) is 2.67. The summed E-state index contributed by atoms with van der Waals surface area (Å²) in [6.07, 6.45) is 2.99. The molecule has 6 nitrogen and oxygen atoms in total. The molecule has 0 saturated carbocycles. The van der Waals surface area contributed by atoms with Crippen LogP contribution in [0.15, 0.2) is 12.5 Å². The minimum absolute atomic E-state index is 0.00762. The number of rotatable bonds is 5. The highest BCUT2D eigenvalue weighted by Crippen LogP contribution is 2.06. The van der Waals surface area contributed by atoms with E-state index < -0.39 is 12.0 Å². The van der Waals surface area contributed by atoms with Gasteiger partial charge in [-0.2, -0.15) is 5.26 Å². The van der Waals surface area contributed by atoms with E-state index in [4.69, 9.17) is 10.4 Å². The standard InChI is InChI=1S/C8H10N4O2/c9-3-6(7-4-10-5-12-7)11-2-1-8(13)14/h4-6,11H,1-2H2,(H,10,12)(H,13,14). The zero-order valence-electron chi connectivity index (χ0n) is 7.40. The Morgan fingerprint density at radius 3 is 3.14 bits per heavy atom. The largest absolute Gasteiger partial charge is 0.481 e. The molecular weight excluding hydrogens is 184 g/mol. The summed E-state index contributed by atoms with van der Waals surface area (Å²) in [5, 5.41) is 19.9. The minimum Gasteiger partial charge on any atom is -0.481 e. The number of hydrogen-bond donors (Lipinski definition) is 3. The van der Waals surface area contributed by atoms with Crippen LogP contribution in [-0.4, -0.2) is 27.6 Å². The normalized spacial score (nSPS) is 11.9. The number of hydrogen-bond acceptors (Lipinski definition) is 4. The zero-order chi connectivity index (χ0) is 10.4. The number of nitrogens with zero attached hydrogens (tertiary/aromatic N) is 2. The van der Waals surface area contributed by atoms with Crippen molar-refractivity contribution >= 4 is 5.97 Å². The average molecular weight is 194 g/mol. The van der Waals surface area contributed by atoms with Crippen molar-refractivity contribution in [3.63, 3.8) is 0 Å². The molecule has 14 heavy (non-hydrogen) atoms. The van der Waals surface area contributed by atoms with Crippen molar-refractivity contribution in [1.29, 1.82) is 5.26 Å². The summed E-state index contributed by atoms with van der Waals surface area (Å²) >= 11 is 0. The van der Waals surface area contributed by atoms with Gasteiger partial charge in [0.2, 0.25) is 0 Å². The Bertz CT molecular complexity index is 328. The molecule has 1 unspecified atom stereocenters. The van der Waals surface area contributed by atoms with Crippen LogP contribution in [0.3, 0.4) is 0 Å². The molecule has 0 radical (unpaired) electrons. The van der Waals surface area contributed by atoms with Crippen LogP contribution in [0, 0.1) is 11.3 Å². The van der Waals surface area contributed by atoms with Gasteiger partial charge in [-0.25, -0.2) is 4.98 Å². The molecule has 0 aliphatic rings. The maximum atomic E-state index is 10.2. The summed E-state index contributed by atoms with van der Waals surface area (Å²) in [7, 11) is 0. The number of carboxylic acid groups (broad SMARTS) is 1. The Morgan fingerprint density at radius 1 is 1.86 bits per heavy atom. The summed E-state index contributed by atoms with van der Waals surface area (Å²) < 4.78 is 0. The minimum atomic E-state index is -0.890. The third kappa shape index (κ3) is 2.88. The lowest BCUT2D eigenvalue weighted by Gasteiger charge is -2.07. The topological polar surface area (TPSA) is 102 Å². The van der Waals surface area contributed by atoms with Crippen LogP contribution < -0.4 is 5.32 Å². The molecule has 0 aliphatic heterocycles. The molecule has 0 aliphatic carbocycles. The first-order valence-electron chi connectivity index (χ1n) is 4.07. The number of carbonyl (C=O) groups is 1. The third-order valence-corrected chi connectivity index (χ3v) is 1.65. The molecule has 1 heterocycles. The van der Waals surface area contributed by atoms with E-state index >= 15 is 0 Å². The van der Waals surface area contributed by atoms with Crippen LogP contribution in [0.1, 0.15) is 18.2 Å². The van der Waals surface area contributed by atoms with Gasteiger partial charge in [-0.3, -0.25) is 10.1 Å². The molecule has 0 bridgehead atoms. The SMILES string of the molecule is N#CC(NCCC(=O)O)c1cnc[nH]1. The zero-order valence-corrected chi connectivity index (χ0v) is 7.40. The predicted molar refractivity (Wildman–Crippen MR) is 47.2 cm³/mol. The summed E-state index contributed by atoms with van der Waals surface area (Å²) in [5.74, 6) is -0.890. The highest BCUT2D eigenvalue weighted by molar-refractivity contribution is 5.66. The lowest BCUT2D eigenvalue weighted by molar-refractivity contribution is -0.136. The van der Waals surface area contributed by atoms with Crippen LogP contribution in [-0.2, 0) is 4.79 Å². The Balaban J connectivity index is 2.42. The van der Waals surface area contributed by atoms with Crippen molar-refractivity contribution < 1.29 is 9.90 Å². The Kier molecular flexibility index (Phi) is 3.64. The van der Waals surface area contributed by atoms with Crippen molar-refractivity contribution in [2.45, 2.75) is 12.5 Å². The van der Waals surface area contributed by atoms with E-state index in [9.17, 15) is 4.79 Å². The quantitative estimate of drug-likeness (QED) is 0.614. The van der Waals surface area contributed by atoms with Crippen molar-refractivity contribution in [1.82, 2.24) is 15.3 Å². The van der Waals surface area contributed by atoms with Crippen LogP contribution in [0.25, 0.3) is 0 Å². The average Bonchev–Trinajstić information content (AvgIpc) is 2.64. The van der Waals surface area contributed by atoms with Gasteiger partial charge in [-0.1, -0.05) is 0 Å². The van der Waals surface area contributed by atoms with Crippen molar-refractivity contribution in [3.8, 4) is 6.07 Å². The molecule has 0 aromatic carbocycles. The van der Waals surface area contributed by atoms with E-state index in [1.807, 2.05) is 6.07 Å². The maximum Gasteiger partial charge on any atom is 0.304 e. The molecule has 0 saturated heterocycles. The number of imidazole rings is 1. The van der Waals surface area contributed by atoms with Crippen molar-refractivity contribution in [3.05, 3.63) is 18.2 Å². The van der Waals surface area contributed by atoms with Crippen molar-refractivity contribution in [2.24, 2.45) is 0 Å². The number of aromatic amines is 1. The summed E-state index contributed by atoms with van der Waals surface area (Å²) in [4.78, 5) is 16.8. The summed E-state index contributed by atoms with van der Waals surface area (Å²) in [5.41, 5.74) is 0.637. The third-order valence-electron chi connectivity index (χ3n) is 1.65. The van der Waals surface area contributed by atoms with Gasteiger partial charge in [0.05, 0.1) is 30.7 Å². The molecule has 6 heteroatoms. The first kappa shape index (κ1) is 10.2. The molecule has 1 rings (SSSR count). The second kappa shape index (κ2) is 4.99. The molecule has 1 atom stereocenters. The monoisotopic (exact) mass is 194 g/mol. The van der Waals surface area contributed by atoms with Gasteiger partial charge >= 0.3 is 5.97 Å². The number of carboxylic acids is 1. The molecule has 1 aromatic rings. The first-order valence-corrected chi connectivity index (χ1v) is 4.07. The molecule has 0 fully saturated rings. The van der Waals surface area contributed by atoms with E-state index in [0.717, 1.165) is 0 Å². The van der Waals surface area contributed by atoms with Gasteiger partial charge in [-0.05, 0) is 0 Å². The molecule has 74 valence electrons. The number of aromatic nitrogens is 2. The maximum absolute atomic E-state index is 10.2. The fourth-order valence-electron chi connectivity index (χ4n) is 0.973. The molecular formula is C8H10N4O2. The lowest BCUT2D eigenvalue weighted by atomic mass is 10.2. The van der Waals surface area contributed by atoms with E-state index in [0.29, 0.717) is 5.69 Å². The fourth-order valence-corrected chi connectivity index (χ4v) is 0.973. The van der Waals surface area contributed by atoms with Gasteiger partial charge in [0.25, 0.3) is 0 Å². The number of H-pyrrole nitrogens is 1. The lowest BCUT2D eigenvalue weighted by Crippen LogP contribution is -2.23. The molecule has 1 aromatic heterocycles. The van der Waals surface area contributed by atoms with Crippen LogP contribution >= 0.6 is 0 Å². The molecule has 0 spiro atoms. The Morgan fingerprint density at radius 2 is 2.64 bits per heavy atom. The van der Waals surface area contributed by atoms with Gasteiger partial charge in [0.15, 0.2) is 0 Å². The van der Waals surface area contributed by atoms with Crippen LogP contribution in [0.2, 0.25) is 0 Å². The Hall–Kier alpha value is -1.87. The van der Waals surface area contributed by atoms with Crippen LogP contribution in [0.5, 0.6) is 0 Å². The number of aliphatic carboxylic acids is 1. The van der Waals surface area contributed by atoms with E-state index in [1.165, 1.54) is 12.5 Å². The highest BCUT2D eigenvalue weighted by Gasteiger charge is 2.10. The number of nitriles is 1. The second-order valence-corrected chi connectivity index (χ2v) is 2.67. The van der Waals surface area contributed by atoms with Gasteiger partial charge in [0, 0.05) is 6.54 Å². The molecule has 3 N–H and O–H groups in total. The van der Waals surface area contributed by atoms with Gasteiger partial charge in [0.1, 0.15) is 6.04 Å². The highest BCUT2D eigenvalue weighted by atomic mass is 16.4. The van der Waals surface area contributed by atoms with E-state index in [2.05, 4.69) is 15.3 Å². The fraction of sp³-hybridized carbons (Fsp3) is 0.375. The number of nitrogens with one attached hydrogen (secondary N) is 2. The summed E-state index contributed by atoms with van der Waals surface area (Å²) in [6.45, 7) is 0.257. The van der Waals surface area contributed by atoms with Gasteiger partial charge in [-0.15, -0.1) is 0 Å².